The maximum atomic E-state index is 13.1. The number of sulfonamides is 1. The highest BCUT2D eigenvalue weighted by Crippen LogP contribution is 2.29. The molecule has 0 aliphatic rings. The van der Waals surface area contributed by atoms with Crippen LogP contribution < -0.4 is 10.0 Å². The van der Waals surface area contributed by atoms with Gasteiger partial charge in [0.1, 0.15) is 5.82 Å². The number of benzene rings is 3. The monoisotopic (exact) mass is 478 g/mol. The minimum absolute atomic E-state index is 0.105. The topological polar surface area (TPSA) is 75.3 Å². The average molecular weight is 478 g/mol. The molecule has 0 spiro atoms. The first kappa shape index (κ1) is 24.0. The summed E-state index contributed by atoms with van der Waals surface area (Å²) in [5.41, 5.74) is 0.0675. The van der Waals surface area contributed by atoms with Gasteiger partial charge in [-0.05, 0) is 72.7 Å². The van der Waals surface area contributed by atoms with Crippen LogP contribution in [0.3, 0.4) is 0 Å². The highest BCUT2D eigenvalue weighted by Gasteiger charge is 2.30. The van der Waals surface area contributed by atoms with E-state index in [-0.39, 0.29) is 21.8 Å². The minimum atomic E-state index is -4.50. The molecular weight excluding hydrogens is 460 g/mol. The van der Waals surface area contributed by atoms with Gasteiger partial charge >= 0.3 is 6.18 Å². The van der Waals surface area contributed by atoms with Gasteiger partial charge in [-0.15, -0.1) is 0 Å². The van der Waals surface area contributed by atoms with Crippen molar-refractivity contribution in [2.24, 2.45) is 0 Å². The number of carbonyl (C=O) groups is 1. The summed E-state index contributed by atoms with van der Waals surface area (Å²) in [5.74, 6) is -1.18. The third kappa shape index (κ3) is 6.42. The third-order valence-electron chi connectivity index (χ3n) is 4.48. The molecule has 0 aliphatic carbocycles. The van der Waals surface area contributed by atoms with Crippen LogP contribution >= 0.6 is 0 Å². The van der Waals surface area contributed by atoms with Crippen molar-refractivity contribution in [2.75, 3.05) is 10.0 Å². The molecule has 0 unspecified atom stereocenters. The number of nitrogens with one attached hydrogen (secondary N) is 2. The van der Waals surface area contributed by atoms with E-state index in [1.807, 2.05) is 0 Å². The first-order valence-corrected chi connectivity index (χ1v) is 11.0. The normalized spacial score (nSPS) is 12.0. The zero-order valence-electron chi connectivity index (χ0n) is 17.2. The molecule has 0 atom stereocenters. The summed E-state index contributed by atoms with van der Waals surface area (Å²) in [6.07, 6.45) is -2.25. The fourth-order valence-electron chi connectivity index (χ4n) is 2.87. The first-order valence-electron chi connectivity index (χ1n) is 9.49. The molecule has 0 saturated carbocycles. The molecule has 2 N–H and O–H groups in total. The largest absolute Gasteiger partial charge is 0.416 e. The molecule has 0 saturated heterocycles. The lowest BCUT2D eigenvalue weighted by atomic mass is 10.1. The summed E-state index contributed by atoms with van der Waals surface area (Å²) < 4.78 is 79.3. The molecule has 5 nitrogen and oxygen atoms in total. The third-order valence-corrected chi connectivity index (χ3v) is 6.01. The predicted molar refractivity (Wildman–Crippen MR) is 117 cm³/mol. The van der Waals surface area contributed by atoms with E-state index >= 15 is 0 Å². The van der Waals surface area contributed by atoms with Crippen molar-refractivity contribution in [1.82, 2.24) is 0 Å². The van der Waals surface area contributed by atoms with E-state index < -0.39 is 33.5 Å². The summed E-state index contributed by atoms with van der Waals surface area (Å²) in [4.78, 5) is 12.1. The molecule has 172 valence electrons. The second-order valence-corrected chi connectivity index (χ2v) is 8.69. The van der Waals surface area contributed by atoms with E-state index in [1.54, 1.807) is 6.92 Å². The average Bonchev–Trinajstić information content (AvgIpc) is 2.74. The fourth-order valence-corrected chi connectivity index (χ4v) is 4.20. The molecule has 3 rings (SSSR count). The molecule has 0 fully saturated rings. The zero-order valence-corrected chi connectivity index (χ0v) is 18.0. The van der Waals surface area contributed by atoms with Gasteiger partial charge in [0.15, 0.2) is 0 Å². The molecule has 3 aromatic carbocycles. The van der Waals surface area contributed by atoms with Crippen molar-refractivity contribution in [2.45, 2.75) is 18.0 Å². The summed E-state index contributed by atoms with van der Waals surface area (Å²) in [6.45, 7) is 1.57. The maximum Gasteiger partial charge on any atom is 0.416 e. The Labute approximate surface area is 187 Å². The zero-order chi connectivity index (χ0) is 24.2. The van der Waals surface area contributed by atoms with Crippen LogP contribution in [-0.4, -0.2) is 14.3 Å². The number of carbonyl (C=O) groups excluding carboxylic acids is 1. The van der Waals surface area contributed by atoms with Crippen molar-refractivity contribution in [3.63, 3.8) is 0 Å². The second kappa shape index (κ2) is 9.45. The summed E-state index contributed by atoms with van der Waals surface area (Å²) >= 11 is 0. The Morgan fingerprint density at radius 2 is 1.61 bits per heavy atom. The van der Waals surface area contributed by atoms with Gasteiger partial charge in [-0.3, -0.25) is 9.52 Å². The van der Waals surface area contributed by atoms with Crippen molar-refractivity contribution in [3.8, 4) is 0 Å². The molecule has 0 aromatic heterocycles. The molecule has 0 radical (unpaired) electrons. The first-order chi connectivity index (χ1) is 15.4. The number of halogens is 4. The van der Waals surface area contributed by atoms with Crippen LogP contribution in [0.2, 0.25) is 0 Å². The number of anilines is 2. The lowest BCUT2D eigenvalue weighted by Crippen LogP contribution is -2.15. The van der Waals surface area contributed by atoms with Crippen LogP contribution in [0.15, 0.2) is 77.7 Å². The van der Waals surface area contributed by atoms with Gasteiger partial charge in [0.25, 0.3) is 10.0 Å². The number of aryl methyl sites for hydroxylation is 1. The summed E-state index contributed by atoms with van der Waals surface area (Å²) in [7, 11) is -4.04. The lowest BCUT2D eigenvalue weighted by molar-refractivity contribution is -0.137. The molecule has 33 heavy (non-hydrogen) atoms. The molecule has 1 amide bonds. The number of alkyl halides is 3. The Kier molecular flexibility index (Phi) is 6.87. The van der Waals surface area contributed by atoms with E-state index in [2.05, 4.69) is 10.0 Å². The molecule has 0 heterocycles. The minimum Gasteiger partial charge on any atom is -0.322 e. The van der Waals surface area contributed by atoms with E-state index in [9.17, 15) is 30.8 Å². The fraction of sp³-hybridized carbons (Fsp3) is 0.0870. The van der Waals surface area contributed by atoms with Gasteiger partial charge in [0.05, 0.1) is 10.5 Å². The highest BCUT2D eigenvalue weighted by molar-refractivity contribution is 7.92. The van der Waals surface area contributed by atoms with E-state index in [0.29, 0.717) is 5.56 Å². The predicted octanol–water partition coefficient (Wildman–Crippen LogP) is 5.61. The lowest BCUT2D eigenvalue weighted by Gasteiger charge is -2.12. The molecule has 10 heteroatoms. The van der Waals surface area contributed by atoms with Crippen molar-refractivity contribution < 1.29 is 30.8 Å². The van der Waals surface area contributed by atoms with Crippen LogP contribution in [-0.2, 0) is 21.0 Å². The van der Waals surface area contributed by atoms with E-state index in [0.717, 1.165) is 30.3 Å². The number of hydrogen-bond donors (Lipinski definition) is 2. The number of hydrogen-bond acceptors (Lipinski definition) is 3. The Hall–Kier alpha value is -3.66. The number of rotatable bonds is 6. The van der Waals surface area contributed by atoms with Gasteiger partial charge in [-0.2, -0.15) is 13.2 Å². The van der Waals surface area contributed by atoms with Crippen LogP contribution in [0.25, 0.3) is 6.08 Å². The Morgan fingerprint density at radius 1 is 0.939 bits per heavy atom. The van der Waals surface area contributed by atoms with E-state index in [4.69, 9.17) is 0 Å². The van der Waals surface area contributed by atoms with Crippen molar-refractivity contribution in [3.05, 3.63) is 95.3 Å². The molecule has 0 aliphatic heterocycles. The standard InChI is InChI=1S/C23H18F4N2O3S/c1-15-5-9-20(14-21(15)33(31,32)29-19-10-7-18(24)8-11-19)28-22(30)12-6-16-3-2-4-17(13-16)23(25,26)27/h2-14,29H,1H3,(H,28,30)/b12-6+. The Morgan fingerprint density at radius 3 is 2.27 bits per heavy atom. The molecule has 0 bridgehead atoms. The molecular formula is C23H18F4N2O3S. The van der Waals surface area contributed by atoms with E-state index in [1.165, 1.54) is 48.5 Å². The van der Waals surface area contributed by atoms with Gasteiger partial charge in [-0.25, -0.2) is 12.8 Å². The molecule has 3 aromatic rings. The van der Waals surface area contributed by atoms with Crippen LogP contribution in [0.5, 0.6) is 0 Å². The summed E-state index contributed by atoms with van der Waals surface area (Å²) in [5, 5.41) is 2.48. The van der Waals surface area contributed by atoms with Crippen LogP contribution in [0.4, 0.5) is 28.9 Å². The smallest absolute Gasteiger partial charge is 0.322 e. The van der Waals surface area contributed by atoms with Crippen LogP contribution in [0.1, 0.15) is 16.7 Å². The van der Waals surface area contributed by atoms with Crippen LogP contribution in [0, 0.1) is 12.7 Å². The summed E-state index contributed by atoms with van der Waals surface area (Å²) in [6, 6.07) is 13.5. The van der Waals surface area contributed by atoms with Gasteiger partial charge in [0.2, 0.25) is 5.91 Å². The van der Waals surface area contributed by atoms with Gasteiger partial charge < -0.3 is 5.32 Å². The van der Waals surface area contributed by atoms with Crippen molar-refractivity contribution in [1.29, 1.82) is 0 Å². The SMILES string of the molecule is Cc1ccc(NC(=O)/C=C/c2cccc(C(F)(F)F)c2)cc1S(=O)(=O)Nc1ccc(F)cc1. The van der Waals surface area contributed by atoms with Crippen molar-refractivity contribution >= 4 is 33.4 Å². The second-order valence-electron chi connectivity index (χ2n) is 7.04. The van der Waals surface area contributed by atoms with Gasteiger partial charge in [0, 0.05) is 17.5 Å². The quantitative estimate of drug-likeness (QED) is 0.358. The maximum absolute atomic E-state index is 13.1. The number of amides is 1. The van der Waals surface area contributed by atoms with Gasteiger partial charge in [-0.1, -0.05) is 18.2 Å². The Bertz CT molecular complexity index is 1300. The Balaban J connectivity index is 1.76. The highest BCUT2D eigenvalue weighted by atomic mass is 32.2.